The van der Waals surface area contributed by atoms with Crippen molar-refractivity contribution in [3.8, 4) is 0 Å². The van der Waals surface area contributed by atoms with Crippen LogP contribution in [0.2, 0.25) is 0 Å². The third-order valence-corrected chi connectivity index (χ3v) is 2.55. The molecule has 0 atom stereocenters. The van der Waals surface area contributed by atoms with Gasteiger partial charge in [-0.2, -0.15) is 0 Å². The Bertz CT molecular complexity index is 368. The van der Waals surface area contributed by atoms with E-state index in [1.54, 1.807) is 6.07 Å². The number of halogens is 4. The van der Waals surface area contributed by atoms with Crippen LogP contribution in [0.3, 0.4) is 0 Å². The highest BCUT2D eigenvalue weighted by molar-refractivity contribution is 9.10. The summed E-state index contributed by atoms with van der Waals surface area (Å²) in [7, 11) is 0. The molecule has 0 amide bonds. The summed E-state index contributed by atoms with van der Waals surface area (Å²) in [6.07, 6.45) is -2.58. The van der Waals surface area contributed by atoms with Crippen LogP contribution in [0.1, 0.15) is 28.8 Å². The summed E-state index contributed by atoms with van der Waals surface area (Å²) in [6.45, 7) is 0. The average Bonchev–Trinajstić information content (AvgIpc) is 2.17. The minimum absolute atomic E-state index is 0.0499. The molecule has 0 saturated carbocycles. The maximum Gasteiger partial charge on any atom is 0.264 e. The zero-order valence-electron chi connectivity index (χ0n) is 7.64. The molecule has 0 aliphatic heterocycles. The highest BCUT2D eigenvalue weighted by Crippen LogP contribution is 2.27. The van der Waals surface area contributed by atoms with Crippen LogP contribution in [-0.2, 0) is 0 Å². The van der Waals surface area contributed by atoms with E-state index in [4.69, 9.17) is 11.6 Å². The van der Waals surface area contributed by atoms with Crippen molar-refractivity contribution < 1.29 is 13.6 Å². The molecule has 0 aliphatic rings. The van der Waals surface area contributed by atoms with Crippen molar-refractivity contribution in [3.63, 3.8) is 0 Å². The van der Waals surface area contributed by atoms with Gasteiger partial charge in [-0.1, -0.05) is 15.9 Å². The number of hydrogen-bond donors (Lipinski definition) is 0. The van der Waals surface area contributed by atoms with Crippen molar-refractivity contribution in [2.24, 2.45) is 0 Å². The summed E-state index contributed by atoms with van der Waals surface area (Å²) in [6, 6.07) is 4.21. The molecular weight excluding hydrogens is 289 g/mol. The van der Waals surface area contributed by atoms with Crippen molar-refractivity contribution in [3.05, 3.63) is 33.8 Å². The van der Waals surface area contributed by atoms with Crippen LogP contribution >= 0.6 is 27.5 Å². The predicted octanol–water partition coefficient (Wildman–Crippen LogP) is 4.20. The SMILES string of the molecule is O=C(CCCl)c1ccc(Br)cc1C(F)F. The Labute approximate surface area is 99.6 Å². The molecule has 15 heavy (non-hydrogen) atoms. The molecule has 1 rings (SSSR count). The lowest BCUT2D eigenvalue weighted by atomic mass is 10.0. The lowest BCUT2D eigenvalue weighted by Gasteiger charge is -2.07. The Balaban J connectivity index is 3.11. The van der Waals surface area contributed by atoms with Gasteiger partial charge in [-0.15, -0.1) is 11.6 Å². The first-order chi connectivity index (χ1) is 7.06. The van der Waals surface area contributed by atoms with Gasteiger partial charge in [-0.25, -0.2) is 8.78 Å². The maximum atomic E-state index is 12.6. The van der Waals surface area contributed by atoms with Crippen molar-refractivity contribution in [1.29, 1.82) is 0 Å². The van der Waals surface area contributed by atoms with Crippen LogP contribution in [-0.4, -0.2) is 11.7 Å². The van der Waals surface area contributed by atoms with Gasteiger partial charge in [0.2, 0.25) is 0 Å². The van der Waals surface area contributed by atoms with Gasteiger partial charge in [0.1, 0.15) is 0 Å². The van der Waals surface area contributed by atoms with Crippen molar-refractivity contribution in [2.45, 2.75) is 12.8 Å². The molecule has 5 heteroatoms. The number of rotatable bonds is 4. The van der Waals surface area contributed by atoms with Crippen LogP contribution in [0.25, 0.3) is 0 Å². The molecule has 1 aromatic rings. The topological polar surface area (TPSA) is 17.1 Å². The molecule has 1 nitrogen and oxygen atoms in total. The van der Waals surface area contributed by atoms with E-state index in [1.165, 1.54) is 12.1 Å². The fourth-order valence-electron chi connectivity index (χ4n) is 1.19. The van der Waals surface area contributed by atoms with Crippen LogP contribution in [0.5, 0.6) is 0 Å². The predicted molar refractivity (Wildman–Crippen MR) is 58.8 cm³/mol. The number of ketones is 1. The highest BCUT2D eigenvalue weighted by Gasteiger charge is 2.17. The second-order valence-corrected chi connectivity index (χ2v) is 4.19. The minimum Gasteiger partial charge on any atom is -0.294 e. The number of hydrogen-bond acceptors (Lipinski definition) is 1. The van der Waals surface area contributed by atoms with Crippen molar-refractivity contribution in [1.82, 2.24) is 0 Å². The second-order valence-electron chi connectivity index (χ2n) is 2.89. The minimum atomic E-state index is -2.66. The van der Waals surface area contributed by atoms with Gasteiger partial charge in [0, 0.05) is 27.9 Å². The summed E-state index contributed by atoms with van der Waals surface area (Å²) >= 11 is 8.47. The Morgan fingerprint density at radius 2 is 2.13 bits per heavy atom. The van der Waals surface area contributed by atoms with Crippen molar-refractivity contribution >= 4 is 33.3 Å². The maximum absolute atomic E-state index is 12.6. The van der Waals surface area contributed by atoms with Crippen molar-refractivity contribution in [2.75, 3.05) is 5.88 Å². The van der Waals surface area contributed by atoms with Gasteiger partial charge in [0.15, 0.2) is 5.78 Å². The molecule has 0 heterocycles. The van der Waals surface area contributed by atoms with Gasteiger partial charge in [-0.05, 0) is 18.2 Å². The van der Waals surface area contributed by atoms with E-state index in [2.05, 4.69) is 15.9 Å². The fourth-order valence-corrected chi connectivity index (χ4v) is 1.74. The van der Waals surface area contributed by atoms with E-state index < -0.39 is 6.43 Å². The first-order valence-electron chi connectivity index (χ1n) is 4.23. The van der Waals surface area contributed by atoms with E-state index in [1.807, 2.05) is 0 Å². The van der Waals surface area contributed by atoms with E-state index in [-0.39, 0.29) is 29.2 Å². The van der Waals surface area contributed by atoms with Crippen LogP contribution < -0.4 is 0 Å². The summed E-state index contributed by atoms with van der Waals surface area (Å²) < 4.78 is 25.7. The number of carbonyl (C=O) groups excluding carboxylic acids is 1. The Morgan fingerprint density at radius 1 is 1.47 bits per heavy atom. The number of benzene rings is 1. The van der Waals surface area contributed by atoms with Gasteiger partial charge in [0.25, 0.3) is 6.43 Å². The molecule has 0 spiro atoms. The molecule has 0 aromatic heterocycles. The van der Waals surface area contributed by atoms with Gasteiger partial charge >= 0.3 is 0 Å². The van der Waals surface area contributed by atoms with Crippen LogP contribution in [0.4, 0.5) is 8.78 Å². The van der Waals surface area contributed by atoms with E-state index in [0.29, 0.717) is 4.47 Å². The molecule has 1 aromatic carbocycles. The molecule has 0 fully saturated rings. The summed E-state index contributed by atoms with van der Waals surface area (Å²) in [5, 5.41) is 0. The molecule has 0 aliphatic carbocycles. The lowest BCUT2D eigenvalue weighted by molar-refractivity contribution is 0.0975. The third kappa shape index (κ3) is 3.24. The smallest absolute Gasteiger partial charge is 0.264 e. The lowest BCUT2D eigenvalue weighted by Crippen LogP contribution is -2.04. The van der Waals surface area contributed by atoms with E-state index >= 15 is 0 Å². The summed E-state index contributed by atoms with van der Waals surface area (Å²) in [5.41, 5.74) is -0.201. The number of Topliss-reactive ketones (excluding diaryl/α,β-unsaturated/α-hetero) is 1. The molecule has 0 bridgehead atoms. The monoisotopic (exact) mass is 296 g/mol. The number of alkyl halides is 3. The Morgan fingerprint density at radius 3 is 2.67 bits per heavy atom. The normalized spacial score (nSPS) is 10.7. The zero-order chi connectivity index (χ0) is 11.4. The van der Waals surface area contributed by atoms with Gasteiger partial charge in [0.05, 0.1) is 0 Å². The van der Waals surface area contributed by atoms with Crippen LogP contribution in [0, 0.1) is 0 Å². The molecule has 0 unspecified atom stereocenters. The standard InChI is InChI=1S/C10H8BrClF2O/c11-6-1-2-7(9(15)3-4-12)8(5-6)10(13)14/h1-2,5,10H,3-4H2. The Hall–Kier alpha value is -0.480. The molecule has 82 valence electrons. The van der Waals surface area contributed by atoms with E-state index in [0.717, 1.165) is 0 Å². The first kappa shape index (κ1) is 12.6. The largest absolute Gasteiger partial charge is 0.294 e. The Kier molecular flexibility index (Phi) is 4.67. The molecular formula is C10H8BrClF2O. The van der Waals surface area contributed by atoms with Gasteiger partial charge in [-0.3, -0.25) is 4.79 Å². The summed E-state index contributed by atoms with van der Waals surface area (Å²) in [5.74, 6) is -0.217. The first-order valence-corrected chi connectivity index (χ1v) is 5.55. The van der Waals surface area contributed by atoms with Gasteiger partial charge < -0.3 is 0 Å². The molecule has 0 radical (unpaired) electrons. The second kappa shape index (κ2) is 5.56. The molecule has 0 N–H and O–H groups in total. The average molecular weight is 298 g/mol. The fraction of sp³-hybridized carbons (Fsp3) is 0.300. The quantitative estimate of drug-likeness (QED) is 0.601. The summed E-state index contributed by atoms with van der Waals surface area (Å²) in [4.78, 5) is 11.4. The van der Waals surface area contributed by atoms with Crippen LogP contribution in [0.15, 0.2) is 22.7 Å². The zero-order valence-corrected chi connectivity index (χ0v) is 9.99. The molecule has 0 saturated heterocycles. The van der Waals surface area contributed by atoms with E-state index in [9.17, 15) is 13.6 Å². The number of carbonyl (C=O) groups is 1. The highest BCUT2D eigenvalue weighted by atomic mass is 79.9. The third-order valence-electron chi connectivity index (χ3n) is 1.87.